The molecule has 130 valence electrons. The van der Waals surface area contributed by atoms with Crippen molar-refractivity contribution in [1.29, 1.82) is 0 Å². The van der Waals surface area contributed by atoms with E-state index in [1.165, 1.54) is 11.3 Å². The first kappa shape index (κ1) is 17.3. The summed E-state index contributed by atoms with van der Waals surface area (Å²) in [5.74, 6) is -0.130. The zero-order chi connectivity index (χ0) is 17.8. The molecule has 25 heavy (non-hydrogen) atoms. The summed E-state index contributed by atoms with van der Waals surface area (Å²) in [5, 5.41) is 11.3. The Morgan fingerprint density at radius 2 is 2.12 bits per heavy atom. The Hall–Kier alpha value is -2.51. The molecule has 0 aliphatic rings. The third-order valence-corrected chi connectivity index (χ3v) is 4.99. The van der Waals surface area contributed by atoms with Crippen molar-refractivity contribution >= 4 is 22.9 Å². The minimum atomic E-state index is -0.130. The van der Waals surface area contributed by atoms with E-state index in [1.54, 1.807) is 10.9 Å². The van der Waals surface area contributed by atoms with Crippen molar-refractivity contribution in [3.8, 4) is 10.6 Å². The molecule has 0 unspecified atom stereocenters. The number of aryl methyl sites for hydroxylation is 2. The summed E-state index contributed by atoms with van der Waals surface area (Å²) < 4.78 is 1.72. The maximum atomic E-state index is 12.7. The van der Waals surface area contributed by atoms with Crippen LogP contribution in [-0.4, -0.2) is 27.2 Å². The highest BCUT2D eigenvalue weighted by molar-refractivity contribution is 7.17. The van der Waals surface area contributed by atoms with Crippen LogP contribution in [0.2, 0.25) is 0 Å². The van der Waals surface area contributed by atoms with E-state index in [0.29, 0.717) is 4.88 Å². The fraction of sp³-hybridized carbons (Fsp3) is 0.278. The van der Waals surface area contributed by atoms with Crippen LogP contribution >= 0.6 is 11.3 Å². The lowest BCUT2D eigenvalue weighted by atomic mass is 10.1. The molecule has 2 heterocycles. The molecular weight excluding hydrogens is 334 g/mol. The van der Waals surface area contributed by atoms with Crippen molar-refractivity contribution in [2.45, 2.75) is 20.4 Å². The van der Waals surface area contributed by atoms with Gasteiger partial charge in [-0.05, 0) is 25.1 Å². The van der Waals surface area contributed by atoms with E-state index in [2.05, 4.69) is 27.6 Å². The van der Waals surface area contributed by atoms with Crippen LogP contribution in [0.1, 0.15) is 27.9 Å². The predicted molar refractivity (Wildman–Crippen MR) is 101 cm³/mol. The molecule has 0 aliphatic carbocycles. The molecule has 0 radical (unpaired) electrons. The SMILES string of the molecule is CCNCc1ccccc1NC(=O)c1sc(-c2cnn(C)c2)nc1C. The van der Waals surface area contributed by atoms with Crippen LogP contribution in [0.5, 0.6) is 0 Å². The van der Waals surface area contributed by atoms with Gasteiger partial charge in [0.15, 0.2) is 0 Å². The number of thiazole rings is 1. The quantitative estimate of drug-likeness (QED) is 0.712. The number of hydrogen-bond donors (Lipinski definition) is 2. The summed E-state index contributed by atoms with van der Waals surface area (Å²) in [5.41, 5.74) is 3.53. The molecule has 3 rings (SSSR count). The summed E-state index contributed by atoms with van der Waals surface area (Å²) in [6.07, 6.45) is 3.65. The van der Waals surface area contributed by atoms with Crippen LogP contribution in [0.4, 0.5) is 5.69 Å². The summed E-state index contributed by atoms with van der Waals surface area (Å²) in [6.45, 7) is 5.51. The van der Waals surface area contributed by atoms with E-state index in [-0.39, 0.29) is 5.91 Å². The highest BCUT2D eigenvalue weighted by Crippen LogP contribution is 2.28. The number of aromatic nitrogens is 3. The molecule has 0 bridgehead atoms. The highest BCUT2D eigenvalue weighted by atomic mass is 32.1. The fourth-order valence-corrected chi connectivity index (χ4v) is 3.43. The molecule has 0 saturated heterocycles. The molecule has 1 aromatic carbocycles. The Bertz CT molecular complexity index is 883. The Balaban J connectivity index is 1.81. The lowest BCUT2D eigenvalue weighted by Gasteiger charge is -2.10. The van der Waals surface area contributed by atoms with Gasteiger partial charge in [0.05, 0.1) is 11.9 Å². The predicted octanol–water partition coefficient (Wildman–Crippen LogP) is 3.21. The number of carbonyl (C=O) groups is 1. The van der Waals surface area contributed by atoms with Crippen LogP contribution in [0.3, 0.4) is 0 Å². The molecule has 0 aliphatic heterocycles. The first-order valence-corrected chi connectivity index (χ1v) is 8.96. The van der Waals surface area contributed by atoms with Crippen molar-refractivity contribution < 1.29 is 4.79 Å². The van der Waals surface area contributed by atoms with Crippen LogP contribution in [0.15, 0.2) is 36.7 Å². The third kappa shape index (κ3) is 3.94. The second kappa shape index (κ2) is 7.58. The average molecular weight is 355 g/mol. The molecule has 1 amide bonds. The van der Waals surface area contributed by atoms with Crippen molar-refractivity contribution in [2.24, 2.45) is 7.05 Å². The molecule has 0 fully saturated rings. The summed E-state index contributed by atoms with van der Waals surface area (Å²) >= 11 is 1.38. The second-order valence-electron chi connectivity index (χ2n) is 5.73. The molecule has 0 spiro atoms. The van der Waals surface area contributed by atoms with Gasteiger partial charge in [-0.15, -0.1) is 11.3 Å². The van der Waals surface area contributed by atoms with E-state index in [0.717, 1.165) is 40.6 Å². The largest absolute Gasteiger partial charge is 0.321 e. The summed E-state index contributed by atoms with van der Waals surface area (Å²) in [7, 11) is 1.86. The number of amides is 1. The monoisotopic (exact) mass is 355 g/mol. The second-order valence-corrected chi connectivity index (χ2v) is 6.73. The number of benzene rings is 1. The smallest absolute Gasteiger partial charge is 0.267 e. The fourth-order valence-electron chi connectivity index (χ4n) is 2.50. The lowest BCUT2D eigenvalue weighted by Crippen LogP contribution is -2.17. The molecule has 6 nitrogen and oxygen atoms in total. The van der Waals surface area contributed by atoms with Gasteiger partial charge in [0.1, 0.15) is 9.88 Å². The highest BCUT2D eigenvalue weighted by Gasteiger charge is 2.18. The summed E-state index contributed by atoms with van der Waals surface area (Å²) in [6, 6.07) is 7.83. The Labute approximate surface area is 150 Å². The van der Waals surface area contributed by atoms with E-state index in [4.69, 9.17) is 0 Å². The number of carbonyl (C=O) groups excluding carboxylic acids is 1. The Morgan fingerprint density at radius 3 is 2.84 bits per heavy atom. The Kier molecular flexibility index (Phi) is 5.25. The number of para-hydroxylation sites is 1. The number of anilines is 1. The van der Waals surface area contributed by atoms with Gasteiger partial charge in [-0.25, -0.2) is 4.98 Å². The van der Waals surface area contributed by atoms with Gasteiger partial charge < -0.3 is 10.6 Å². The molecule has 0 saturated carbocycles. The van der Waals surface area contributed by atoms with Gasteiger partial charge in [0.2, 0.25) is 0 Å². The Morgan fingerprint density at radius 1 is 1.32 bits per heavy atom. The van der Waals surface area contributed by atoms with Crippen molar-refractivity contribution in [3.05, 3.63) is 52.8 Å². The standard InChI is InChI=1S/C18H21N5OS/c1-4-19-9-13-7-5-6-8-15(13)22-17(24)16-12(2)21-18(25-16)14-10-20-23(3)11-14/h5-8,10-11,19H,4,9H2,1-3H3,(H,22,24). The number of nitrogens with one attached hydrogen (secondary N) is 2. The number of hydrogen-bond acceptors (Lipinski definition) is 5. The lowest BCUT2D eigenvalue weighted by molar-refractivity contribution is 0.102. The van der Waals surface area contributed by atoms with Gasteiger partial charge in [-0.1, -0.05) is 25.1 Å². The molecule has 3 aromatic rings. The molecular formula is C18H21N5OS. The summed E-state index contributed by atoms with van der Waals surface area (Å²) in [4.78, 5) is 17.9. The number of nitrogens with zero attached hydrogens (tertiary/aromatic N) is 3. The first-order valence-electron chi connectivity index (χ1n) is 8.15. The molecule has 7 heteroatoms. The zero-order valence-electron chi connectivity index (χ0n) is 14.5. The van der Waals surface area contributed by atoms with Gasteiger partial charge >= 0.3 is 0 Å². The third-order valence-electron chi connectivity index (χ3n) is 3.79. The van der Waals surface area contributed by atoms with E-state index in [9.17, 15) is 4.79 Å². The van der Waals surface area contributed by atoms with Crippen molar-refractivity contribution in [2.75, 3.05) is 11.9 Å². The number of rotatable bonds is 6. The van der Waals surface area contributed by atoms with Crippen LogP contribution in [-0.2, 0) is 13.6 Å². The molecule has 2 N–H and O–H groups in total. The van der Waals surface area contributed by atoms with Crippen molar-refractivity contribution in [3.63, 3.8) is 0 Å². The van der Waals surface area contributed by atoms with Crippen LogP contribution in [0, 0.1) is 6.92 Å². The van der Waals surface area contributed by atoms with E-state index < -0.39 is 0 Å². The first-order chi connectivity index (χ1) is 12.1. The topological polar surface area (TPSA) is 71.8 Å². The maximum Gasteiger partial charge on any atom is 0.267 e. The normalized spacial score (nSPS) is 10.8. The zero-order valence-corrected chi connectivity index (χ0v) is 15.4. The average Bonchev–Trinajstić information content (AvgIpc) is 3.20. The maximum absolute atomic E-state index is 12.7. The van der Waals surface area contributed by atoms with Crippen LogP contribution < -0.4 is 10.6 Å². The minimum absolute atomic E-state index is 0.130. The van der Waals surface area contributed by atoms with E-state index >= 15 is 0 Å². The minimum Gasteiger partial charge on any atom is -0.321 e. The van der Waals surface area contributed by atoms with Crippen molar-refractivity contribution in [1.82, 2.24) is 20.1 Å². The van der Waals surface area contributed by atoms with Gasteiger partial charge in [-0.2, -0.15) is 5.10 Å². The van der Waals surface area contributed by atoms with Gasteiger partial charge in [0.25, 0.3) is 5.91 Å². The van der Waals surface area contributed by atoms with E-state index in [1.807, 2.05) is 44.4 Å². The molecule has 0 atom stereocenters. The van der Waals surface area contributed by atoms with Gasteiger partial charge in [-0.3, -0.25) is 9.48 Å². The van der Waals surface area contributed by atoms with Crippen LogP contribution in [0.25, 0.3) is 10.6 Å². The molecule has 2 aromatic heterocycles. The van der Waals surface area contributed by atoms with Gasteiger partial charge in [0, 0.05) is 31.0 Å².